The predicted octanol–water partition coefficient (Wildman–Crippen LogP) is 3.29. The van der Waals surface area contributed by atoms with Gasteiger partial charge in [-0.25, -0.2) is 0 Å². The Kier molecular flexibility index (Phi) is 4.85. The molecule has 0 aliphatic heterocycles. The van der Waals surface area contributed by atoms with E-state index in [1.54, 1.807) is 0 Å². The van der Waals surface area contributed by atoms with Crippen LogP contribution in [-0.4, -0.2) is 16.2 Å². The summed E-state index contributed by atoms with van der Waals surface area (Å²) in [6.45, 7) is 3.18. The van der Waals surface area contributed by atoms with E-state index in [2.05, 4.69) is 17.1 Å². The first-order chi connectivity index (χ1) is 10.8. The molecule has 1 aliphatic carbocycles. The van der Waals surface area contributed by atoms with Crippen LogP contribution in [0.3, 0.4) is 0 Å². The molecule has 118 valence electrons. The van der Waals surface area contributed by atoms with Crippen molar-refractivity contribution in [3.8, 4) is 11.4 Å². The fraction of sp³-hybridized carbons (Fsp3) is 0.529. The third kappa shape index (κ3) is 3.54. The van der Waals surface area contributed by atoms with Crippen LogP contribution in [0.15, 0.2) is 28.8 Å². The fourth-order valence-electron chi connectivity index (χ4n) is 2.93. The molecule has 1 aliphatic rings. The Bertz CT molecular complexity index is 594. The van der Waals surface area contributed by atoms with E-state index in [4.69, 9.17) is 15.0 Å². The predicted molar refractivity (Wildman–Crippen MR) is 83.8 cm³/mol. The highest BCUT2D eigenvalue weighted by atomic mass is 16.5. The van der Waals surface area contributed by atoms with E-state index in [0.29, 0.717) is 36.9 Å². The molecule has 5 nitrogen and oxygen atoms in total. The molecule has 3 rings (SSSR count). The fourth-order valence-corrected chi connectivity index (χ4v) is 2.93. The zero-order valence-corrected chi connectivity index (χ0v) is 13.0. The Morgan fingerprint density at radius 2 is 2.00 bits per heavy atom. The Morgan fingerprint density at radius 3 is 2.73 bits per heavy atom. The summed E-state index contributed by atoms with van der Waals surface area (Å²) in [5, 5.41) is 4.03. The van der Waals surface area contributed by atoms with Gasteiger partial charge in [0.2, 0.25) is 5.82 Å². The van der Waals surface area contributed by atoms with Crippen molar-refractivity contribution in [1.82, 2.24) is 10.1 Å². The Labute approximate surface area is 130 Å². The lowest BCUT2D eigenvalue weighted by Gasteiger charge is -2.28. The van der Waals surface area contributed by atoms with Crippen molar-refractivity contribution in [1.29, 1.82) is 0 Å². The molecule has 0 amide bonds. The van der Waals surface area contributed by atoms with Crippen LogP contribution in [0.4, 0.5) is 0 Å². The summed E-state index contributed by atoms with van der Waals surface area (Å²) in [6.07, 6.45) is 5.24. The molecular formula is C17H23N3O2. The molecule has 0 saturated heterocycles. The number of nitrogens with two attached hydrogens (primary N) is 1. The average molecular weight is 301 g/mol. The van der Waals surface area contributed by atoms with E-state index in [-0.39, 0.29) is 0 Å². The second-order valence-electron chi connectivity index (χ2n) is 6.02. The summed E-state index contributed by atoms with van der Waals surface area (Å²) in [4.78, 5) is 4.41. The number of benzene rings is 1. The van der Waals surface area contributed by atoms with Crippen LogP contribution < -0.4 is 5.73 Å². The van der Waals surface area contributed by atoms with Crippen molar-refractivity contribution in [2.24, 2.45) is 11.7 Å². The molecule has 1 aromatic heterocycles. The first-order valence-electron chi connectivity index (χ1n) is 8.00. The second-order valence-corrected chi connectivity index (χ2v) is 6.02. The van der Waals surface area contributed by atoms with Gasteiger partial charge in [-0.2, -0.15) is 4.98 Å². The number of hydrogen-bond acceptors (Lipinski definition) is 5. The van der Waals surface area contributed by atoms with Gasteiger partial charge in [0.15, 0.2) is 0 Å². The van der Waals surface area contributed by atoms with Crippen LogP contribution in [0.25, 0.3) is 11.4 Å². The lowest BCUT2D eigenvalue weighted by atomic mass is 9.88. The van der Waals surface area contributed by atoms with Gasteiger partial charge < -0.3 is 15.0 Å². The highest BCUT2D eigenvalue weighted by molar-refractivity contribution is 5.54. The molecule has 2 aromatic rings. The van der Waals surface area contributed by atoms with Crippen LogP contribution >= 0.6 is 0 Å². The molecule has 2 atom stereocenters. The first-order valence-corrected chi connectivity index (χ1v) is 8.00. The maximum Gasteiger partial charge on any atom is 0.252 e. The molecule has 0 radical (unpaired) electrons. The van der Waals surface area contributed by atoms with Gasteiger partial charge in [0, 0.05) is 12.1 Å². The first kappa shape index (κ1) is 15.2. The number of aromatic nitrogens is 2. The van der Waals surface area contributed by atoms with Crippen molar-refractivity contribution in [3.05, 3.63) is 35.7 Å². The van der Waals surface area contributed by atoms with Crippen LogP contribution in [0.1, 0.15) is 44.1 Å². The highest BCUT2D eigenvalue weighted by Crippen LogP contribution is 2.27. The second kappa shape index (κ2) is 7.03. The smallest absolute Gasteiger partial charge is 0.252 e. The highest BCUT2D eigenvalue weighted by Gasteiger charge is 2.22. The summed E-state index contributed by atoms with van der Waals surface area (Å²) in [7, 11) is 0. The standard InChI is InChI=1S/C17H23N3O2/c1-12-4-2-3-5-15(12)21-11-16-19-17(20-22-16)14-8-6-13(10-18)7-9-14/h6-9,12,15H,2-5,10-11,18H2,1H3. The van der Waals surface area contributed by atoms with E-state index in [1.807, 2.05) is 24.3 Å². The topological polar surface area (TPSA) is 74.2 Å². The summed E-state index contributed by atoms with van der Waals surface area (Å²) >= 11 is 0. The zero-order chi connectivity index (χ0) is 15.4. The van der Waals surface area contributed by atoms with E-state index >= 15 is 0 Å². The zero-order valence-electron chi connectivity index (χ0n) is 13.0. The summed E-state index contributed by atoms with van der Waals surface area (Å²) in [5.74, 6) is 1.74. The number of rotatable bonds is 5. The average Bonchev–Trinajstić information content (AvgIpc) is 3.03. The third-order valence-corrected chi connectivity index (χ3v) is 4.37. The van der Waals surface area contributed by atoms with Crippen molar-refractivity contribution >= 4 is 0 Å². The lowest BCUT2D eigenvalue weighted by Crippen LogP contribution is -2.25. The van der Waals surface area contributed by atoms with Crippen molar-refractivity contribution in [2.45, 2.75) is 51.9 Å². The quantitative estimate of drug-likeness (QED) is 0.917. The molecule has 5 heteroatoms. The summed E-state index contributed by atoms with van der Waals surface area (Å²) in [6, 6.07) is 7.87. The van der Waals surface area contributed by atoms with E-state index in [1.165, 1.54) is 19.3 Å². The van der Waals surface area contributed by atoms with E-state index in [0.717, 1.165) is 17.5 Å². The molecule has 1 heterocycles. The normalized spacial score (nSPS) is 21.9. The Hall–Kier alpha value is -1.72. The van der Waals surface area contributed by atoms with Gasteiger partial charge in [-0.05, 0) is 24.3 Å². The summed E-state index contributed by atoms with van der Waals surface area (Å²) < 4.78 is 11.2. The molecule has 2 unspecified atom stereocenters. The molecule has 1 saturated carbocycles. The van der Waals surface area contributed by atoms with Crippen LogP contribution in [0, 0.1) is 5.92 Å². The van der Waals surface area contributed by atoms with Gasteiger partial charge in [-0.3, -0.25) is 0 Å². The van der Waals surface area contributed by atoms with Crippen LogP contribution in [-0.2, 0) is 17.9 Å². The Balaban J connectivity index is 1.60. The van der Waals surface area contributed by atoms with Crippen LogP contribution in [0.5, 0.6) is 0 Å². The molecule has 1 aromatic carbocycles. The maximum absolute atomic E-state index is 5.95. The molecule has 0 bridgehead atoms. The van der Waals surface area contributed by atoms with Crippen molar-refractivity contribution < 1.29 is 9.26 Å². The minimum Gasteiger partial charge on any atom is -0.368 e. The third-order valence-electron chi connectivity index (χ3n) is 4.37. The monoisotopic (exact) mass is 301 g/mol. The van der Waals surface area contributed by atoms with Crippen molar-refractivity contribution in [2.75, 3.05) is 0 Å². The number of hydrogen-bond donors (Lipinski definition) is 1. The van der Waals surface area contributed by atoms with Gasteiger partial charge >= 0.3 is 0 Å². The minimum atomic E-state index is 0.313. The largest absolute Gasteiger partial charge is 0.368 e. The van der Waals surface area contributed by atoms with Gasteiger partial charge in [0.05, 0.1) is 6.10 Å². The molecule has 22 heavy (non-hydrogen) atoms. The maximum atomic E-state index is 5.95. The van der Waals surface area contributed by atoms with E-state index < -0.39 is 0 Å². The Morgan fingerprint density at radius 1 is 1.23 bits per heavy atom. The molecule has 0 spiro atoms. The number of nitrogens with zero attached hydrogens (tertiary/aromatic N) is 2. The lowest BCUT2D eigenvalue weighted by molar-refractivity contribution is -0.0252. The van der Waals surface area contributed by atoms with E-state index in [9.17, 15) is 0 Å². The molecule has 2 N–H and O–H groups in total. The van der Waals surface area contributed by atoms with Gasteiger partial charge in [-0.15, -0.1) is 0 Å². The SMILES string of the molecule is CC1CCCCC1OCc1nc(-c2ccc(CN)cc2)no1. The van der Waals surface area contributed by atoms with Crippen LogP contribution in [0.2, 0.25) is 0 Å². The number of ether oxygens (including phenoxy) is 1. The van der Waals surface area contributed by atoms with Gasteiger partial charge in [0.25, 0.3) is 5.89 Å². The summed E-state index contributed by atoms with van der Waals surface area (Å²) in [5.41, 5.74) is 7.61. The molecular weight excluding hydrogens is 278 g/mol. The van der Waals surface area contributed by atoms with Gasteiger partial charge in [-0.1, -0.05) is 49.2 Å². The molecule has 1 fully saturated rings. The van der Waals surface area contributed by atoms with Crippen molar-refractivity contribution in [3.63, 3.8) is 0 Å². The van der Waals surface area contributed by atoms with Gasteiger partial charge in [0.1, 0.15) is 6.61 Å². The minimum absolute atomic E-state index is 0.313.